The Hall–Kier alpha value is -0.460. The van der Waals surface area contributed by atoms with Gasteiger partial charge >= 0.3 is 5.97 Å². The molecular weight excluding hydrogens is 213 g/mol. The lowest BCUT2D eigenvalue weighted by atomic mass is 10.3. The van der Waals surface area contributed by atoms with Crippen molar-refractivity contribution in [3.8, 4) is 0 Å². The maximum absolute atomic E-state index is 10.6. The molecule has 0 heterocycles. The van der Waals surface area contributed by atoms with E-state index in [0.29, 0.717) is 0 Å². The second-order valence-electron chi connectivity index (χ2n) is 2.68. The molecule has 4 N–H and O–H groups in total. The summed E-state index contributed by atoms with van der Waals surface area (Å²) in [5.74, 6) is -1.32. The SMILES string of the molecule is O=[PH2]N(CC(O)CO)C(CO)C(=O)O. The van der Waals surface area contributed by atoms with E-state index in [0.717, 1.165) is 4.67 Å². The van der Waals surface area contributed by atoms with Gasteiger partial charge in [-0.1, -0.05) is 0 Å². The Morgan fingerprint density at radius 2 is 1.93 bits per heavy atom. The molecular formula is C6H14NO6P. The van der Waals surface area contributed by atoms with Gasteiger partial charge in [-0.15, -0.1) is 0 Å². The lowest BCUT2D eigenvalue weighted by Gasteiger charge is -2.23. The molecule has 3 unspecified atom stereocenters. The summed E-state index contributed by atoms with van der Waals surface area (Å²) in [5, 5.41) is 34.8. The van der Waals surface area contributed by atoms with Crippen molar-refractivity contribution in [1.82, 2.24) is 4.67 Å². The van der Waals surface area contributed by atoms with E-state index in [2.05, 4.69) is 0 Å². The highest BCUT2D eigenvalue weighted by Gasteiger charge is 2.25. The molecule has 0 spiro atoms. The Morgan fingerprint density at radius 3 is 2.21 bits per heavy atom. The summed E-state index contributed by atoms with van der Waals surface area (Å²) in [6.07, 6.45) is -1.16. The van der Waals surface area contributed by atoms with E-state index in [-0.39, 0.29) is 6.54 Å². The van der Waals surface area contributed by atoms with E-state index in [1.54, 1.807) is 0 Å². The maximum atomic E-state index is 10.6. The number of aliphatic hydroxyl groups is 3. The quantitative estimate of drug-likeness (QED) is 0.363. The van der Waals surface area contributed by atoms with E-state index < -0.39 is 39.9 Å². The summed E-state index contributed by atoms with van der Waals surface area (Å²) < 4.78 is 11.5. The Bertz CT molecular complexity index is 201. The molecule has 0 amide bonds. The molecule has 7 nitrogen and oxygen atoms in total. The predicted molar refractivity (Wildman–Crippen MR) is 48.7 cm³/mol. The molecule has 0 aliphatic carbocycles. The maximum Gasteiger partial charge on any atom is 0.323 e. The average molecular weight is 227 g/mol. The molecule has 84 valence electrons. The highest BCUT2D eigenvalue weighted by Crippen LogP contribution is 2.12. The van der Waals surface area contributed by atoms with Crippen molar-refractivity contribution in [2.45, 2.75) is 12.1 Å². The zero-order chi connectivity index (χ0) is 11.1. The Morgan fingerprint density at radius 1 is 1.36 bits per heavy atom. The fourth-order valence-corrected chi connectivity index (χ4v) is 1.57. The van der Waals surface area contributed by atoms with Gasteiger partial charge in [-0.2, -0.15) is 0 Å². The first-order chi connectivity index (χ1) is 6.56. The van der Waals surface area contributed by atoms with Crippen molar-refractivity contribution in [2.75, 3.05) is 19.8 Å². The molecule has 0 aromatic carbocycles. The number of aliphatic carboxylic acids is 1. The number of carboxylic acids is 1. The minimum atomic E-state index is -1.58. The van der Waals surface area contributed by atoms with Gasteiger partial charge in [0.25, 0.3) is 0 Å². The molecule has 0 radical (unpaired) electrons. The fourth-order valence-electron chi connectivity index (χ4n) is 0.870. The number of carbonyl (C=O) groups is 1. The fraction of sp³-hybridized carbons (Fsp3) is 0.833. The molecule has 8 heteroatoms. The Labute approximate surface area is 81.8 Å². The zero-order valence-electron chi connectivity index (χ0n) is 7.41. The standard InChI is InChI=1S/C6H14NO6P/c8-2-4(10)1-7(14-13)5(3-9)6(11)12/h4-5,8-10H,1-3,14H2,(H,11,12). The number of hydrogen-bond donors (Lipinski definition) is 4. The molecule has 0 aliphatic heterocycles. The van der Waals surface area contributed by atoms with Crippen molar-refractivity contribution in [3.05, 3.63) is 0 Å². The van der Waals surface area contributed by atoms with E-state index in [9.17, 15) is 9.36 Å². The summed E-state index contributed by atoms with van der Waals surface area (Å²) in [7, 11) is -1.58. The molecule has 0 aromatic rings. The van der Waals surface area contributed by atoms with E-state index >= 15 is 0 Å². The lowest BCUT2D eigenvalue weighted by molar-refractivity contribution is -0.143. The number of nitrogens with zero attached hydrogens (tertiary/aromatic N) is 1. The van der Waals surface area contributed by atoms with Crippen LogP contribution in [0.4, 0.5) is 0 Å². The monoisotopic (exact) mass is 227 g/mol. The summed E-state index contributed by atoms with van der Waals surface area (Å²) in [6, 6.07) is -1.30. The smallest absolute Gasteiger partial charge is 0.323 e. The zero-order valence-corrected chi connectivity index (χ0v) is 8.56. The van der Waals surface area contributed by atoms with Crippen LogP contribution < -0.4 is 0 Å². The van der Waals surface area contributed by atoms with Crippen molar-refractivity contribution in [1.29, 1.82) is 0 Å². The first-order valence-electron chi connectivity index (χ1n) is 3.90. The number of rotatable bonds is 7. The van der Waals surface area contributed by atoms with E-state index in [1.807, 2.05) is 0 Å². The predicted octanol–water partition coefficient (Wildman–Crippen LogP) is -2.24. The molecule has 0 rings (SSSR count). The molecule has 0 saturated carbocycles. The van der Waals surface area contributed by atoms with Gasteiger partial charge in [-0.3, -0.25) is 4.79 Å². The van der Waals surface area contributed by atoms with Crippen LogP contribution in [0.2, 0.25) is 0 Å². The van der Waals surface area contributed by atoms with Gasteiger partial charge in [-0.25, -0.2) is 4.67 Å². The van der Waals surface area contributed by atoms with Gasteiger partial charge in [0.15, 0.2) is 0 Å². The van der Waals surface area contributed by atoms with Crippen LogP contribution >= 0.6 is 8.61 Å². The van der Waals surface area contributed by atoms with Crippen molar-refractivity contribution >= 4 is 14.6 Å². The van der Waals surface area contributed by atoms with Crippen LogP contribution in [-0.2, 0) is 9.36 Å². The van der Waals surface area contributed by atoms with Crippen LogP contribution in [-0.4, -0.2) is 63.0 Å². The summed E-state index contributed by atoms with van der Waals surface area (Å²) in [4.78, 5) is 10.5. The second-order valence-corrected chi connectivity index (χ2v) is 3.55. The van der Waals surface area contributed by atoms with Crippen molar-refractivity contribution in [2.24, 2.45) is 0 Å². The Kier molecular flexibility index (Phi) is 6.69. The highest BCUT2D eigenvalue weighted by molar-refractivity contribution is 7.20. The molecule has 0 fully saturated rings. The molecule has 3 atom stereocenters. The van der Waals surface area contributed by atoms with Crippen LogP contribution in [0.15, 0.2) is 0 Å². The first kappa shape index (κ1) is 13.5. The van der Waals surface area contributed by atoms with Crippen molar-refractivity contribution in [3.63, 3.8) is 0 Å². The summed E-state index contributed by atoms with van der Waals surface area (Å²) >= 11 is 0. The van der Waals surface area contributed by atoms with Crippen LogP contribution in [0.3, 0.4) is 0 Å². The van der Waals surface area contributed by atoms with Gasteiger partial charge in [0.2, 0.25) is 0 Å². The average Bonchev–Trinajstić information content (AvgIpc) is 2.16. The summed E-state index contributed by atoms with van der Waals surface area (Å²) in [5.41, 5.74) is 0. The van der Waals surface area contributed by atoms with Gasteiger partial charge in [0.1, 0.15) is 14.7 Å². The third-order valence-corrected chi connectivity index (χ3v) is 2.47. The largest absolute Gasteiger partial charge is 0.480 e. The third kappa shape index (κ3) is 4.17. The van der Waals surface area contributed by atoms with Crippen LogP contribution in [0.25, 0.3) is 0 Å². The second kappa shape index (κ2) is 6.92. The molecule has 0 aliphatic rings. The number of carboxylic acid groups (broad SMARTS) is 1. The third-order valence-electron chi connectivity index (χ3n) is 1.63. The molecule has 14 heavy (non-hydrogen) atoms. The lowest BCUT2D eigenvalue weighted by Crippen LogP contribution is -2.42. The molecule has 0 saturated heterocycles. The number of hydrogen-bond acceptors (Lipinski definition) is 5. The van der Waals surface area contributed by atoms with E-state index in [4.69, 9.17) is 20.4 Å². The van der Waals surface area contributed by atoms with Gasteiger partial charge in [0, 0.05) is 6.54 Å². The molecule has 0 bridgehead atoms. The van der Waals surface area contributed by atoms with E-state index in [1.165, 1.54) is 0 Å². The topological polar surface area (TPSA) is 118 Å². The van der Waals surface area contributed by atoms with Crippen molar-refractivity contribution < 1.29 is 29.8 Å². The van der Waals surface area contributed by atoms with Gasteiger partial charge in [-0.05, 0) is 0 Å². The van der Waals surface area contributed by atoms with Crippen LogP contribution in [0.1, 0.15) is 0 Å². The minimum absolute atomic E-state index is 0.243. The van der Waals surface area contributed by atoms with Crippen LogP contribution in [0, 0.1) is 0 Å². The summed E-state index contributed by atoms with van der Waals surface area (Å²) in [6.45, 7) is -1.48. The van der Waals surface area contributed by atoms with Gasteiger partial charge < -0.3 is 25.0 Å². The van der Waals surface area contributed by atoms with Gasteiger partial charge in [0.05, 0.1) is 19.3 Å². The normalized spacial score (nSPS) is 16.3. The first-order valence-corrected chi connectivity index (χ1v) is 4.89. The molecule has 0 aromatic heterocycles. The Balaban J connectivity index is 4.36. The van der Waals surface area contributed by atoms with Crippen LogP contribution in [0.5, 0.6) is 0 Å². The number of aliphatic hydroxyl groups excluding tert-OH is 3. The highest BCUT2D eigenvalue weighted by atomic mass is 31.1. The minimum Gasteiger partial charge on any atom is -0.480 e.